The number of hydrogen-bond acceptors (Lipinski definition) is 2. The van der Waals surface area contributed by atoms with Crippen molar-refractivity contribution in [2.45, 2.75) is 6.04 Å². The van der Waals surface area contributed by atoms with E-state index in [-0.39, 0.29) is 6.04 Å². The first-order valence-corrected chi connectivity index (χ1v) is 4.77. The molecule has 0 aliphatic heterocycles. The summed E-state index contributed by atoms with van der Waals surface area (Å²) in [6, 6.07) is 5.45. The van der Waals surface area contributed by atoms with Gasteiger partial charge >= 0.3 is 0 Å². The molecule has 0 fully saturated rings. The molecule has 0 aliphatic carbocycles. The van der Waals surface area contributed by atoms with Gasteiger partial charge in [-0.1, -0.05) is 29.3 Å². The largest absolute Gasteiger partial charge is 0.329 e. The van der Waals surface area contributed by atoms with Gasteiger partial charge in [-0.05, 0) is 19.2 Å². The molecular formula is C9H12Cl2N2. The molecule has 1 rings (SSSR count). The lowest BCUT2D eigenvalue weighted by atomic mass is 10.1. The Kier molecular flexibility index (Phi) is 4.00. The highest BCUT2D eigenvalue weighted by Crippen LogP contribution is 2.29. The maximum Gasteiger partial charge on any atom is 0.0471 e. The molecule has 13 heavy (non-hydrogen) atoms. The first-order valence-electron chi connectivity index (χ1n) is 4.02. The Labute approximate surface area is 88.0 Å². The predicted molar refractivity (Wildman–Crippen MR) is 57.3 cm³/mol. The summed E-state index contributed by atoms with van der Waals surface area (Å²) in [4.78, 5) is 0. The third-order valence-electron chi connectivity index (χ3n) is 1.93. The maximum absolute atomic E-state index is 6.00. The molecule has 0 saturated heterocycles. The van der Waals surface area contributed by atoms with Gasteiger partial charge in [0.15, 0.2) is 0 Å². The molecule has 2 nitrogen and oxygen atoms in total. The van der Waals surface area contributed by atoms with Gasteiger partial charge in [0.1, 0.15) is 0 Å². The average molecular weight is 219 g/mol. The van der Waals surface area contributed by atoms with E-state index in [1.165, 1.54) is 0 Å². The summed E-state index contributed by atoms with van der Waals surface area (Å²) < 4.78 is 0. The van der Waals surface area contributed by atoms with Crippen molar-refractivity contribution < 1.29 is 0 Å². The van der Waals surface area contributed by atoms with Gasteiger partial charge in [0.2, 0.25) is 0 Å². The standard InChI is InChI=1S/C9H12Cl2N2/c1-13-8(5-12)9-6(10)3-2-4-7(9)11/h2-4,8,13H,5,12H2,1H3/t8-/m1/s1. The van der Waals surface area contributed by atoms with Crippen LogP contribution in [0.15, 0.2) is 18.2 Å². The Morgan fingerprint density at radius 1 is 1.38 bits per heavy atom. The third kappa shape index (κ3) is 2.35. The third-order valence-corrected chi connectivity index (χ3v) is 2.59. The highest BCUT2D eigenvalue weighted by molar-refractivity contribution is 6.36. The molecule has 0 unspecified atom stereocenters. The van der Waals surface area contributed by atoms with Crippen LogP contribution in [-0.2, 0) is 0 Å². The summed E-state index contributed by atoms with van der Waals surface area (Å²) in [5.74, 6) is 0. The van der Waals surface area contributed by atoms with Gasteiger partial charge in [-0.3, -0.25) is 0 Å². The zero-order chi connectivity index (χ0) is 9.84. The van der Waals surface area contributed by atoms with Crippen molar-refractivity contribution in [3.8, 4) is 0 Å². The van der Waals surface area contributed by atoms with Crippen LogP contribution in [0.4, 0.5) is 0 Å². The number of halogens is 2. The van der Waals surface area contributed by atoms with Gasteiger partial charge in [-0.2, -0.15) is 0 Å². The molecule has 0 amide bonds. The van der Waals surface area contributed by atoms with E-state index in [1.807, 2.05) is 25.2 Å². The summed E-state index contributed by atoms with van der Waals surface area (Å²) in [5.41, 5.74) is 6.44. The van der Waals surface area contributed by atoms with E-state index in [2.05, 4.69) is 5.32 Å². The monoisotopic (exact) mass is 218 g/mol. The lowest BCUT2D eigenvalue weighted by Crippen LogP contribution is -2.25. The van der Waals surface area contributed by atoms with Crippen LogP contribution in [0, 0.1) is 0 Å². The second-order valence-corrected chi connectivity index (χ2v) is 3.53. The molecular weight excluding hydrogens is 207 g/mol. The Hall–Kier alpha value is -0.280. The van der Waals surface area contributed by atoms with E-state index in [1.54, 1.807) is 0 Å². The number of likely N-dealkylation sites (N-methyl/N-ethyl adjacent to an activating group) is 1. The number of rotatable bonds is 3. The highest BCUT2D eigenvalue weighted by Gasteiger charge is 2.13. The van der Waals surface area contributed by atoms with E-state index in [4.69, 9.17) is 28.9 Å². The minimum absolute atomic E-state index is 0.0150. The first-order chi connectivity index (χ1) is 6.20. The van der Waals surface area contributed by atoms with Gasteiger partial charge in [0.05, 0.1) is 0 Å². The smallest absolute Gasteiger partial charge is 0.0471 e. The van der Waals surface area contributed by atoms with Crippen LogP contribution in [0.2, 0.25) is 10.0 Å². The molecule has 0 aromatic heterocycles. The zero-order valence-electron chi connectivity index (χ0n) is 7.35. The lowest BCUT2D eigenvalue weighted by molar-refractivity contribution is 0.606. The number of nitrogens with one attached hydrogen (secondary N) is 1. The van der Waals surface area contributed by atoms with Gasteiger partial charge in [0, 0.05) is 28.2 Å². The summed E-state index contributed by atoms with van der Waals surface area (Å²) in [6.07, 6.45) is 0. The Morgan fingerprint density at radius 3 is 2.31 bits per heavy atom. The van der Waals surface area contributed by atoms with Crippen LogP contribution in [0.1, 0.15) is 11.6 Å². The molecule has 0 heterocycles. The van der Waals surface area contributed by atoms with Crippen LogP contribution >= 0.6 is 23.2 Å². The molecule has 4 heteroatoms. The van der Waals surface area contributed by atoms with E-state index in [0.29, 0.717) is 16.6 Å². The van der Waals surface area contributed by atoms with E-state index >= 15 is 0 Å². The van der Waals surface area contributed by atoms with Crippen molar-refractivity contribution in [1.29, 1.82) is 0 Å². The van der Waals surface area contributed by atoms with Gasteiger partial charge in [-0.25, -0.2) is 0 Å². The second kappa shape index (κ2) is 4.82. The summed E-state index contributed by atoms with van der Waals surface area (Å²) in [7, 11) is 1.83. The SMILES string of the molecule is CN[C@H](CN)c1c(Cl)cccc1Cl. The van der Waals surface area contributed by atoms with Crippen LogP contribution in [-0.4, -0.2) is 13.6 Å². The zero-order valence-corrected chi connectivity index (χ0v) is 8.86. The fraction of sp³-hybridized carbons (Fsp3) is 0.333. The molecule has 0 saturated carbocycles. The van der Waals surface area contributed by atoms with Gasteiger partial charge in [0.25, 0.3) is 0 Å². The molecule has 1 atom stereocenters. The first kappa shape index (κ1) is 10.8. The minimum Gasteiger partial charge on any atom is -0.329 e. The number of nitrogens with two attached hydrogens (primary N) is 1. The molecule has 1 aromatic carbocycles. The van der Waals surface area contributed by atoms with Crippen molar-refractivity contribution >= 4 is 23.2 Å². The molecule has 0 aliphatic rings. The Bertz CT molecular complexity index is 265. The summed E-state index contributed by atoms with van der Waals surface area (Å²) in [6.45, 7) is 0.472. The van der Waals surface area contributed by atoms with E-state index < -0.39 is 0 Å². The van der Waals surface area contributed by atoms with Crippen molar-refractivity contribution in [1.82, 2.24) is 5.32 Å². The average Bonchev–Trinajstić information content (AvgIpc) is 2.11. The van der Waals surface area contributed by atoms with Crippen molar-refractivity contribution in [3.05, 3.63) is 33.8 Å². The van der Waals surface area contributed by atoms with Crippen LogP contribution in [0.3, 0.4) is 0 Å². The van der Waals surface area contributed by atoms with Gasteiger partial charge < -0.3 is 11.1 Å². The number of benzene rings is 1. The summed E-state index contributed by atoms with van der Waals surface area (Å²) >= 11 is 12.0. The normalized spacial score (nSPS) is 12.9. The molecule has 72 valence electrons. The number of hydrogen-bond donors (Lipinski definition) is 2. The van der Waals surface area contributed by atoms with Gasteiger partial charge in [-0.15, -0.1) is 0 Å². The highest BCUT2D eigenvalue weighted by atomic mass is 35.5. The molecule has 0 bridgehead atoms. The predicted octanol–water partition coefficient (Wildman–Crippen LogP) is 2.21. The molecule has 1 aromatic rings. The molecule has 3 N–H and O–H groups in total. The van der Waals surface area contributed by atoms with E-state index in [0.717, 1.165) is 5.56 Å². The van der Waals surface area contributed by atoms with Crippen LogP contribution in [0.5, 0.6) is 0 Å². The van der Waals surface area contributed by atoms with Crippen LogP contribution < -0.4 is 11.1 Å². The van der Waals surface area contributed by atoms with Crippen molar-refractivity contribution in [2.24, 2.45) is 5.73 Å². The molecule has 0 radical (unpaired) electrons. The van der Waals surface area contributed by atoms with Crippen LogP contribution in [0.25, 0.3) is 0 Å². The quantitative estimate of drug-likeness (QED) is 0.817. The molecule has 0 spiro atoms. The fourth-order valence-corrected chi connectivity index (χ4v) is 1.88. The maximum atomic E-state index is 6.00. The lowest BCUT2D eigenvalue weighted by Gasteiger charge is -2.16. The van der Waals surface area contributed by atoms with E-state index in [9.17, 15) is 0 Å². The second-order valence-electron chi connectivity index (χ2n) is 2.71. The fourth-order valence-electron chi connectivity index (χ4n) is 1.22. The Balaban J connectivity index is 3.10. The Morgan fingerprint density at radius 2 is 1.92 bits per heavy atom. The topological polar surface area (TPSA) is 38.0 Å². The van der Waals surface area contributed by atoms with Crippen molar-refractivity contribution in [2.75, 3.05) is 13.6 Å². The summed E-state index contributed by atoms with van der Waals surface area (Å²) in [5, 5.41) is 4.36. The minimum atomic E-state index is 0.0150. The van der Waals surface area contributed by atoms with Crippen molar-refractivity contribution in [3.63, 3.8) is 0 Å².